The minimum absolute atomic E-state index is 0.219. The molecule has 1 saturated heterocycles. The Bertz CT molecular complexity index is 244. The first-order valence-corrected chi connectivity index (χ1v) is 6.93. The van der Waals surface area contributed by atoms with Crippen LogP contribution in [0.1, 0.15) is 32.1 Å². The van der Waals surface area contributed by atoms with Gasteiger partial charge >= 0.3 is 0 Å². The van der Waals surface area contributed by atoms with Crippen LogP contribution in [0.5, 0.6) is 0 Å². The number of aliphatic hydroxyl groups is 1. The van der Waals surface area contributed by atoms with Crippen LogP contribution < -0.4 is 0 Å². The van der Waals surface area contributed by atoms with Crippen molar-refractivity contribution < 1.29 is 9.90 Å². The third-order valence-electron chi connectivity index (χ3n) is 4.05. The predicted octanol–water partition coefficient (Wildman–Crippen LogP) is 0.703. The number of carbonyl (C=O) groups is 1. The van der Waals surface area contributed by atoms with E-state index in [0.717, 1.165) is 45.6 Å². The van der Waals surface area contributed by atoms with Crippen LogP contribution in [0.2, 0.25) is 0 Å². The van der Waals surface area contributed by atoms with Gasteiger partial charge in [0.2, 0.25) is 5.91 Å². The largest absolute Gasteiger partial charge is 0.395 e. The first-order valence-electron chi connectivity index (χ1n) is 6.93. The fraction of sp³-hybridized carbons (Fsp3) is 0.923. The third kappa shape index (κ3) is 3.42. The summed E-state index contributed by atoms with van der Waals surface area (Å²) in [5.74, 6) is 0.682. The number of hydrogen-bond donors (Lipinski definition) is 1. The number of aliphatic hydroxyl groups excluding tert-OH is 1. The van der Waals surface area contributed by atoms with Gasteiger partial charge in [0.1, 0.15) is 0 Å². The van der Waals surface area contributed by atoms with Gasteiger partial charge in [0.05, 0.1) is 6.61 Å². The van der Waals surface area contributed by atoms with E-state index in [4.69, 9.17) is 5.11 Å². The molecule has 0 atom stereocenters. The van der Waals surface area contributed by atoms with E-state index in [-0.39, 0.29) is 6.61 Å². The molecule has 17 heavy (non-hydrogen) atoms. The van der Waals surface area contributed by atoms with Crippen LogP contribution in [-0.4, -0.2) is 60.1 Å². The summed E-state index contributed by atoms with van der Waals surface area (Å²) < 4.78 is 0. The second kappa shape index (κ2) is 6.36. The molecule has 0 aromatic carbocycles. The van der Waals surface area contributed by atoms with Crippen molar-refractivity contribution in [2.75, 3.05) is 39.3 Å². The highest BCUT2D eigenvalue weighted by Gasteiger charge is 2.28. The Hall–Kier alpha value is -0.610. The molecule has 1 saturated carbocycles. The minimum atomic E-state index is 0.219. The van der Waals surface area contributed by atoms with Gasteiger partial charge < -0.3 is 10.0 Å². The molecule has 2 aliphatic rings. The molecule has 1 heterocycles. The standard InChI is InChI=1S/C13H24N2O2/c16-11-10-14-6-8-15(9-7-14)13(17)12-4-2-1-3-5-12/h12,16H,1-11H2. The van der Waals surface area contributed by atoms with Gasteiger partial charge in [-0.15, -0.1) is 0 Å². The van der Waals surface area contributed by atoms with Crippen molar-refractivity contribution in [3.63, 3.8) is 0 Å². The van der Waals surface area contributed by atoms with E-state index in [1.54, 1.807) is 0 Å². The van der Waals surface area contributed by atoms with Crippen molar-refractivity contribution in [2.24, 2.45) is 5.92 Å². The van der Waals surface area contributed by atoms with Gasteiger partial charge in [-0.1, -0.05) is 19.3 Å². The Morgan fingerprint density at radius 2 is 1.71 bits per heavy atom. The molecule has 1 aliphatic carbocycles. The predicted molar refractivity (Wildman–Crippen MR) is 66.7 cm³/mol. The summed E-state index contributed by atoms with van der Waals surface area (Å²) in [4.78, 5) is 16.5. The van der Waals surface area contributed by atoms with Crippen molar-refractivity contribution in [3.8, 4) is 0 Å². The van der Waals surface area contributed by atoms with E-state index < -0.39 is 0 Å². The van der Waals surface area contributed by atoms with Gasteiger partial charge in [-0.05, 0) is 12.8 Å². The summed E-state index contributed by atoms with van der Waals surface area (Å²) in [6.07, 6.45) is 5.93. The second-order valence-electron chi connectivity index (χ2n) is 5.23. The van der Waals surface area contributed by atoms with Crippen molar-refractivity contribution >= 4 is 5.91 Å². The number of rotatable bonds is 3. The Balaban J connectivity index is 1.77. The van der Waals surface area contributed by atoms with Gasteiger partial charge in [0, 0.05) is 38.6 Å². The molecule has 0 spiro atoms. The van der Waals surface area contributed by atoms with E-state index in [2.05, 4.69) is 4.90 Å². The zero-order chi connectivity index (χ0) is 12.1. The third-order valence-corrected chi connectivity index (χ3v) is 4.05. The van der Waals surface area contributed by atoms with E-state index in [1.165, 1.54) is 19.3 Å². The molecule has 0 radical (unpaired) electrons. The Labute approximate surface area is 104 Å². The molecule has 1 aliphatic heterocycles. The number of hydrogen-bond acceptors (Lipinski definition) is 3. The smallest absolute Gasteiger partial charge is 0.225 e. The van der Waals surface area contributed by atoms with Crippen LogP contribution in [0.3, 0.4) is 0 Å². The lowest BCUT2D eigenvalue weighted by Gasteiger charge is -2.36. The number of piperazine rings is 1. The summed E-state index contributed by atoms with van der Waals surface area (Å²) in [5, 5.41) is 8.88. The highest BCUT2D eigenvalue weighted by atomic mass is 16.3. The molecule has 0 unspecified atom stereocenters. The number of nitrogens with zero attached hydrogens (tertiary/aromatic N) is 2. The summed E-state index contributed by atoms with van der Waals surface area (Å²) in [7, 11) is 0. The first kappa shape index (κ1) is 12.8. The maximum absolute atomic E-state index is 12.3. The zero-order valence-corrected chi connectivity index (χ0v) is 10.6. The van der Waals surface area contributed by atoms with Gasteiger partial charge in [0.15, 0.2) is 0 Å². The molecular weight excluding hydrogens is 216 g/mol. The van der Waals surface area contributed by atoms with Crippen LogP contribution in [-0.2, 0) is 4.79 Å². The van der Waals surface area contributed by atoms with Gasteiger partial charge in [-0.25, -0.2) is 0 Å². The molecule has 1 N–H and O–H groups in total. The highest BCUT2D eigenvalue weighted by molar-refractivity contribution is 5.79. The molecule has 0 bridgehead atoms. The molecule has 0 aromatic rings. The summed E-state index contributed by atoms with van der Waals surface area (Å²) in [6.45, 7) is 4.48. The summed E-state index contributed by atoms with van der Waals surface area (Å²) in [6, 6.07) is 0. The van der Waals surface area contributed by atoms with Crippen molar-refractivity contribution in [1.29, 1.82) is 0 Å². The Kier molecular flexibility index (Phi) is 4.80. The Morgan fingerprint density at radius 3 is 2.29 bits per heavy atom. The SMILES string of the molecule is O=C(C1CCCCC1)N1CCN(CCO)CC1. The zero-order valence-electron chi connectivity index (χ0n) is 10.6. The van der Waals surface area contributed by atoms with Crippen LogP contribution in [0.25, 0.3) is 0 Å². The average molecular weight is 240 g/mol. The van der Waals surface area contributed by atoms with Crippen LogP contribution in [0.4, 0.5) is 0 Å². The van der Waals surface area contributed by atoms with E-state index in [1.807, 2.05) is 4.90 Å². The highest BCUT2D eigenvalue weighted by Crippen LogP contribution is 2.25. The van der Waals surface area contributed by atoms with Crippen molar-refractivity contribution in [1.82, 2.24) is 9.80 Å². The number of carbonyl (C=O) groups excluding carboxylic acids is 1. The molecule has 1 amide bonds. The summed E-state index contributed by atoms with van der Waals surface area (Å²) >= 11 is 0. The fourth-order valence-electron chi connectivity index (χ4n) is 2.94. The fourth-order valence-corrected chi connectivity index (χ4v) is 2.94. The molecular formula is C13H24N2O2. The van der Waals surface area contributed by atoms with Crippen LogP contribution in [0.15, 0.2) is 0 Å². The molecule has 4 nitrogen and oxygen atoms in total. The van der Waals surface area contributed by atoms with Gasteiger partial charge in [-0.2, -0.15) is 0 Å². The second-order valence-corrected chi connectivity index (χ2v) is 5.23. The van der Waals surface area contributed by atoms with Gasteiger partial charge in [-0.3, -0.25) is 9.69 Å². The normalized spacial score (nSPS) is 23.9. The van der Waals surface area contributed by atoms with E-state index in [0.29, 0.717) is 11.8 Å². The number of β-amino-alcohol motifs (C(OH)–C–C–N with tert-alkyl or cyclic N) is 1. The average Bonchev–Trinajstić information content (AvgIpc) is 2.40. The van der Waals surface area contributed by atoms with Crippen molar-refractivity contribution in [3.05, 3.63) is 0 Å². The van der Waals surface area contributed by atoms with Crippen molar-refractivity contribution in [2.45, 2.75) is 32.1 Å². The lowest BCUT2D eigenvalue weighted by atomic mass is 9.88. The minimum Gasteiger partial charge on any atom is -0.395 e. The molecule has 98 valence electrons. The lowest BCUT2D eigenvalue weighted by molar-refractivity contribution is -0.138. The topological polar surface area (TPSA) is 43.8 Å². The number of amides is 1. The molecule has 2 fully saturated rings. The molecule has 0 aromatic heterocycles. The van der Waals surface area contributed by atoms with Crippen LogP contribution >= 0.6 is 0 Å². The molecule has 2 rings (SSSR count). The Morgan fingerprint density at radius 1 is 1.06 bits per heavy atom. The van der Waals surface area contributed by atoms with Crippen LogP contribution in [0, 0.1) is 5.92 Å². The quantitative estimate of drug-likeness (QED) is 0.790. The monoisotopic (exact) mass is 240 g/mol. The van der Waals surface area contributed by atoms with E-state index in [9.17, 15) is 4.79 Å². The summed E-state index contributed by atoms with van der Waals surface area (Å²) in [5.41, 5.74) is 0. The molecule has 4 heteroatoms. The maximum atomic E-state index is 12.3. The lowest BCUT2D eigenvalue weighted by Crippen LogP contribution is -2.51. The van der Waals surface area contributed by atoms with Gasteiger partial charge in [0.25, 0.3) is 0 Å². The first-order chi connectivity index (χ1) is 8.31. The maximum Gasteiger partial charge on any atom is 0.225 e. The van der Waals surface area contributed by atoms with E-state index >= 15 is 0 Å².